The van der Waals surface area contributed by atoms with Gasteiger partial charge in [0.1, 0.15) is 11.9 Å². The molecular weight excluding hydrogens is 202 g/mol. The van der Waals surface area contributed by atoms with E-state index >= 15 is 0 Å². The van der Waals surface area contributed by atoms with Gasteiger partial charge in [-0.2, -0.15) is 0 Å². The third-order valence-corrected chi connectivity index (χ3v) is 3.16. The Morgan fingerprint density at radius 1 is 1.25 bits per heavy atom. The summed E-state index contributed by atoms with van der Waals surface area (Å²) in [6.07, 6.45) is 2.51. The molecule has 0 radical (unpaired) electrons. The van der Waals surface area contributed by atoms with Crippen LogP contribution < -0.4 is 5.32 Å². The number of nitrogens with zero attached hydrogens (tertiary/aromatic N) is 2. The lowest BCUT2D eigenvalue weighted by Gasteiger charge is -2.14. The molecular formula is C12H19N3O. The Hall–Kier alpha value is -1.16. The Kier molecular flexibility index (Phi) is 3.10. The minimum absolute atomic E-state index is 0.0707. The first-order valence-corrected chi connectivity index (χ1v) is 5.80. The average Bonchev–Trinajstić information content (AvgIpc) is 2.69. The number of ether oxygens (including phenoxy) is 1. The van der Waals surface area contributed by atoms with Crippen molar-refractivity contribution in [1.82, 2.24) is 9.97 Å². The Balaban J connectivity index is 2.31. The number of aromatic nitrogens is 2. The Bertz CT molecular complexity index is 392. The van der Waals surface area contributed by atoms with Gasteiger partial charge < -0.3 is 10.1 Å². The van der Waals surface area contributed by atoms with Crippen molar-refractivity contribution in [2.75, 3.05) is 12.4 Å². The smallest absolute Gasteiger partial charge is 0.159 e. The number of nitrogens with one attached hydrogen (secondary N) is 1. The van der Waals surface area contributed by atoms with Gasteiger partial charge in [-0.3, -0.25) is 0 Å². The van der Waals surface area contributed by atoms with Crippen LogP contribution in [0, 0.1) is 13.8 Å². The Labute approximate surface area is 96.4 Å². The van der Waals surface area contributed by atoms with E-state index in [0.29, 0.717) is 6.10 Å². The molecule has 0 bridgehead atoms. The van der Waals surface area contributed by atoms with E-state index in [1.807, 2.05) is 20.9 Å². The second-order valence-corrected chi connectivity index (χ2v) is 4.40. The van der Waals surface area contributed by atoms with Crippen molar-refractivity contribution in [3.63, 3.8) is 0 Å². The van der Waals surface area contributed by atoms with Gasteiger partial charge in [0, 0.05) is 18.3 Å². The van der Waals surface area contributed by atoms with Gasteiger partial charge in [-0.25, -0.2) is 9.97 Å². The molecule has 0 aliphatic carbocycles. The van der Waals surface area contributed by atoms with Crippen LogP contribution in [-0.4, -0.2) is 23.1 Å². The molecule has 2 unspecified atom stereocenters. The van der Waals surface area contributed by atoms with Gasteiger partial charge in [-0.1, -0.05) is 0 Å². The maximum Gasteiger partial charge on any atom is 0.159 e. The Morgan fingerprint density at radius 2 is 2.00 bits per heavy atom. The fraction of sp³-hybridized carbons (Fsp3) is 0.667. The van der Waals surface area contributed by atoms with Crippen molar-refractivity contribution in [2.24, 2.45) is 0 Å². The molecule has 1 saturated heterocycles. The topological polar surface area (TPSA) is 47.0 Å². The highest BCUT2D eigenvalue weighted by Crippen LogP contribution is 2.31. The van der Waals surface area contributed by atoms with Gasteiger partial charge in [-0.05, 0) is 33.6 Å². The first-order chi connectivity index (χ1) is 7.61. The van der Waals surface area contributed by atoms with Gasteiger partial charge in [0.25, 0.3) is 0 Å². The van der Waals surface area contributed by atoms with Gasteiger partial charge in [-0.15, -0.1) is 0 Å². The second kappa shape index (κ2) is 4.37. The van der Waals surface area contributed by atoms with E-state index in [9.17, 15) is 0 Å². The van der Waals surface area contributed by atoms with Crippen LogP contribution in [0.1, 0.15) is 43.0 Å². The second-order valence-electron chi connectivity index (χ2n) is 4.40. The predicted octanol–water partition coefficient (Wildman–Crippen LogP) is 2.38. The minimum atomic E-state index is 0.0707. The lowest BCUT2D eigenvalue weighted by Crippen LogP contribution is -2.10. The molecule has 1 aromatic rings. The van der Waals surface area contributed by atoms with Crippen LogP contribution >= 0.6 is 0 Å². The van der Waals surface area contributed by atoms with E-state index in [4.69, 9.17) is 4.74 Å². The molecule has 1 N–H and O–H groups in total. The maximum absolute atomic E-state index is 5.79. The highest BCUT2D eigenvalue weighted by molar-refractivity contribution is 5.44. The van der Waals surface area contributed by atoms with Crippen LogP contribution in [0.25, 0.3) is 0 Å². The van der Waals surface area contributed by atoms with Crippen molar-refractivity contribution < 1.29 is 4.74 Å². The number of anilines is 1. The number of hydrogen-bond donors (Lipinski definition) is 1. The van der Waals surface area contributed by atoms with Crippen LogP contribution in [-0.2, 0) is 4.74 Å². The lowest BCUT2D eigenvalue weighted by molar-refractivity contribution is 0.0502. The molecule has 4 nitrogen and oxygen atoms in total. The van der Waals surface area contributed by atoms with E-state index in [0.717, 1.165) is 35.7 Å². The zero-order chi connectivity index (χ0) is 11.7. The van der Waals surface area contributed by atoms with Crippen LogP contribution in [0.4, 0.5) is 5.82 Å². The average molecular weight is 221 g/mol. The van der Waals surface area contributed by atoms with Gasteiger partial charge in [0.05, 0.1) is 6.10 Å². The first kappa shape index (κ1) is 11.3. The predicted molar refractivity (Wildman–Crippen MR) is 63.6 cm³/mol. The van der Waals surface area contributed by atoms with E-state index in [1.165, 1.54) is 0 Å². The molecule has 1 aromatic heterocycles. The summed E-state index contributed by atoms with van der Waals surface area (Å²) in [7, 11) is 1.89. The summed E-state index contributed by atoms with van der Waals surface area (Å²) in [6, 6.07) is 0. The van der Waals surface area contributed by atoms with Crippen molar-refractivity contribution in [2.45, 2.75) is 45.8 Å². The third kappa shape index (κ3) is 2.02. The monoisotopic (exact) mass is 221 g/mol. The quantitative estimate of drug-likeness (QED) is 0.833. The van der Waals surface area contributed by atoms with Crippen LogP contribution in [0.3, 0.4) is 0 Å². The molecule has 1 aliphatic heterocycles. The summed E-state index contributed by atoms with van der Waals surface area (Å²) in [4.78, 5) is 9.04. The van der Waals surface area contributed by atoms with Crippen molar-refractivity contribution in [1.29, 1.82) is 0 Å². The standard InChI is InChI=1S/C12H19N3O/c1-7-5-6-10(16-7)12-14-9(3)8(2)11(13-4)15-12/h7,10H,5-6H2,1-4H3,(H,13,14,15). The van der Waals surface area contributed by atoms with Gasteiger partial charge >= 0.3 is 0 Å². The van der Waals surface area contributed by atoms with Crippen LogP contribution in [0.15, 0.2) is 0 Å². The number of aryl methyl sites for hydroxylation is 1. The van der Waals surface area contributed by atoms with Crippen molar-refractivity contribution in [3.8, 4) is 0 Å². The SMILES string of the molecule is CNc1nc(C2CCC(C)O2)nc(C)c1C. The molecule has 2 atom stereocenters. The van der Waals surface area contributed by atoms with E-state index in [2.05, 4.69) is 22.2 Å². The number of rotatable bonds is 2. The molecule has 2 heterocycles. The molecule has 0 saturated carbocycles. The fourth-order valence-electron chi connectivity index (χ4n) is 2.03. The molecule has 1 fully saturated rings. The molecule has 0 amide bonds. The molecule has 1 aliphatic rings. The minimum Gasteiger partial charge on any atom is -0.373 e. The fourth-order valence-corrected chi connectivity index (χ4v) is 2.03. The molecule has 0 aromatic carbocycles. The molecule has 16 heavy (non-hydrogen) atoms. The van der Waals surface area contributed by atoms with Gasteiger partial charge in [0.2, 0.25) is 0 Å². The highest BCUT2D eigenvalue weighted by atomic mass is 16.5. The zero-order valence-corrected chi connectivity index (χ0v) is 10.4. The van der Waals surface area contributed by atoms with E-state index < -0.39 is 0 Å². The summed E-state index contributed by atoms with van der Waals surface area (Å²) in [5.41, 5.74) is 2.13. The summed E-state index contributed by atoms with van der Waals surface area (Å²) >= 11 is 0. The molecule has 2 rings (SSSR count). The normalized spacial score (nSPS) is 24.8. The summed E-state index contributed by atoms with van der Waals surface area (Å²) in [5.74, 6) is 1.72. The lowest BCUT2D eigenvalue weighted by atomic mass is 10.2. The summed E-state index contributed by atoms with van der Waals surface area (Å²) < 4.78 is 5.79. The highest BCUT2D eigenvalue weighted by Gasteiger charge is 2.26. The third-order valence-electron chi connectivity index (χ3n) is 3.16. The van der Waals surface area contributed by atoms with Crippen LogP contribution in [0.5, 0.6) is 0 Å². The number of hydrogen-bond acceptors (Lipinski definition) is 4. The van der Waals surface area contributed by atoms with Crippen LogP contribution in [0.2, 0.25) is 0 Å². The molecule has 4 heteroatoms. The Morgan fingerprint density at radius 3 is 2.56 bits per heavy atom. The van der Waals surface area contributed by atoms with Crippen molar-refractivity contribution in [3.05, 3.63) is 17.1 Å². The summed E-state index contributed by atoms with van der Waals surface area (Å²) in [6.45, 7) is 6.14. The maximum atomic E-state index is 5.79. The molecule has 88 valence electrons. The van der Waals surface area contributed by atoms with Gasteiger partial charge in [0.15, 0.2) is 5.82 Å². The van der Waals surface area contributed by atoms with Crippen molar-refractivity contribution >= 4 is 5.82 Å². The summed E-state index contributed by atoms with van der Waals surface area (Å²) in [5, 5.41) is 3.10. The van der Waals surface area contributed by atoms with E-state index in [1.54, 1.807) is 0 Å². The van der Waals surface area contributed by atoms with E-state index in [-0.39, 0.29) is 6.10 Å². The first-order valence-electron chi connectivity index (χ1n) is 5.80. The largest absolute Gasteiger partial charge is 0.373 e. The molecule has 0 spiro atoms. The zero-order valence-electron chi connectivity index (χ0n) is 10.4.